The lowest BCUT2D eigenvalue weighted by atomic mass is 9.82. The Labute approximate surface area is 199 Å². The van der Waals surface area contributed by atoms with E-state index in [4.69, 9.17) is 13.7 Å². The van der Waals surface area contributed by atoms with E-state index >= 15 is 0 Å². The molecule has 1 heterocycles. The van der Waals surface area contributed by atoms with Crippen LogP contribution >= 0.6 is 0 Å². The molecule has 0 saturated carbocycles. The first kappa shape index (κ1) is 27.4. The third-order valence-corrected chi connectivity index (χ3v) is 6.23. The molecule has 1 fully saturated rings. The average molecular weight is 526 g/mol. The highest BCUT2D eigenvalue weighted by atomic mass is 32.2. The molecule has 4 atom stereocenters. The summed E-state index contributed by atoms with van der Waals surface area (Å²) in [7, 11) is -3.74. The minimum atomic E-state index is -4.99. The Hall–Kier alpha value is -2.15. The minimum Gasteiger partial charge on any atom is -0.352 e. The summed E-state index contributed by atoms with van der Waals surface area (Å²) in [6.07, 6.45) is -10.9. The van der Waals surface area contributed by atoms with Crippen LogP contribution in [0.15, 0.2) is 48.5 Å². The van der Waals surface area contributed by atoms with Gasteiger partial charge in [-0.05, 0) is 48.6 Å². The lowest BCUT2D eigenvalue weighted by molar-refractivity contribution is -0.211. The number of ether oxygens (including phenoxy) is 2. The molecule has 1 aliphatic rings. The zero-order valence-electron chi connectivity index (χ0n) is 18.8. The minimum absolute atomic E-state index is 0.0542. The van der Waals surface area contributed by atoms with E-state index in [1.807, 2.05) is 0 Å². The Kier molecular flexibility index (Phi) is 8.19. The largest absolute Gasteiger partial charge is 0.416 e. The van der Waals surface area contributed by atoms with Gasteiger partial charge >= 0.3 is 12.4 Å². The monoisotopic (exact) mass is 526 g/mol. The molecule has 35 heavy (non-hydrogen) atoms. The van der Waals surface area contributed by atoms with Gasteiger partial charge in [-0.2, -0.15) is 34.8 Å². The van der Waals surface area contributed by atoms with E-state index in [-0.39, 0.29) is 24.8 Å². The van der Waals surface area contributed by atoms with Gasteiger partial charge in [0.2, 0.25) is 0 Å². The number of hydrogen-bond acceptors (Lipinski definition) is 5. The number of rotatable bonds is 7. The fourth-order valence-electron chi connectivity index (χ4n) is 3.96. The predicted molar refractivity (Wildman–Crippen MR) is 114 cm³/mol. The molecule has 0 amide bonds. The highest BCUT2D eigenvalue weighted by Gasteiger charge is 2.40. The maximum absolute atomic E-state index is 13.3. The van der Waals surface area contributed by atoms with Crippen LogP contribution in [0.25, 0.3) is 0 Å². The molecule has 2 aromatic carbocycles. The van der Waals surface area contributed by atoms with Gasteiger partial charge in [-0.25, -0.2) is 0 Å². The van der Waals surface area contributed by atoms with Crippen molar-refractivity contribution in [3.8, 4) is 0 Å². The Balaban J connectivity index is 1.93. The van der Waals surface area contributed by atoms with Crippen LogP contribution in [-0.2, 0) is 36.1 Å². The summed E-state index contributed by atoms with van der Waals surface area (Å²) in [5.74, 6) is -0.979. The SMILES string of the molecule is C[C@@H](O[C@H]1OCC[C@@H](COS(C)(=O)=O)[C@H]1c1ccccc1)c1cc(C(F)(F)F)cc(C(F)(F)F)c1. The molecule has 0 aliphatic carbocycles. The summed E-state index contributed by atoms with van der Waals surface area (Å²) < 4.78 is 119. The van der Waals surface area contributed by atoms with Crippen molar-refractivity contribution >= 4 is 10.1 Å². The maximum Gasteiger partial charge on any atom is 0.416 e. The van der Waals surface area contributed by atoms with Crippen LogP contribution in [0, 0.1) is 5.92 Å². The third kappa shape index (κ3) is 7.42. The van der Waals surface area contributed by atoms with E-state index in [0.717, 1.165) is 6.26 Å². The topological polar surface area (TPSA) is 61.8 Å². The molecule has 0 unspecified atom stereocenters. The third-order valence-electron chi connectivity index (χ3n) is 5.67. The first-order chi connectivity index (χ1) is 16.1. The summed E-state index contributed by atoms with van der Waals surface area (Å²) in [4.78, 5) is 0. The average Bonchev–Trinajstić information content (AvgIpc) is 2.76. The zero-order valence-corrected chi connectivity index (χ0v) is 19.6. The molecule has 0 N–H and O–H groups in total. The van der Waals surface area contributed by atoms with E-state index < -0.39 is 57.8 Å². The lowest BCUT2D eigenvalue weighted by Crippen LogP contribution is -2.39. The normalized spacial score (nSPS) is 22.7. The van der Waals surface area contributed by atoms with Crippen molar-refractivity contribution in [3.63, 3.8) is 0 Å². The van der Waals surface area contributed by atoms with Crippen molar-refractivity contribution in [1.82, 2.24) is 0 Å². The second kappa shape index (κ2) is 10.5. The number of halogens is 6. The predicted octanol–water partition coefficient (Wildman–Crippen LogP) is 5.92. The van der Waals surface area contributed by atoms with Crippen molar-refractivity contribution < 1.29 is 48.4 Å². The Morgan fingerprint density at radius 1 is 1.00 bits per heavy atom. The van der Waals surface area contributed by atoms with E-state index in [1.165, 1.54) is 6.92 Å². The van der Waals surface area contributed by atoms with Crippen molar-refractivity contribution in [3.05, 3.63) is 70.8 Å². The lowest BCUT2D eigenvalue weighted by Gasteiger charge is -2.39. The van der Waals surface area contributed by atoms with Crippen molar-refractivity contribution in [2.45, 2.75) is 44.0 Å². The van der Waals surface area contributed by atoms with Gasteiger partial charge in [0.25, 0.3) is 10.1 Å². The first-order valence-corrected chi connectivity index (χ1v) is 12.4. The van der Waals surface area contributed by atoms with E-state index in [0.29, 0.717) is 24.1 Å². The Morgan fingerprint density at radius 3 is 2.09 bits per heavy atom. The van der Waals surface area contributed by atoms with Crippen LogP contribution in [0.4, 0.5) is 26.3 Å². The molecule has 0 spiro atoms. The summed E-state index contributed by atoms with van der Waals surface area (Å²) in [6, 6.07) is 10.0. The molecule has 0 aromatic heterocycles. The Morgan fingerprint density at radius 2 is 1.57 bits per heavy atom. The van der Waals surface area contributed by atoms with Gasteiger partial charge in [-0.1, -0.05) is 30.3 Å². The van der Waals surface area contributed by atoms with Crippen LogP contribution in [0.2, 0.25) is 0 Å². The standard InChI is InChI=1S/C23H24F6O5S/c1-14(17-10-18(22(24,25)26)12-19(11-17)23(27,28)29)34-21-20(15-6-4-3-5-7-15)16(8-9-32-21)13-33-35(2,30)31/h3-7,10-12,14,16,20-21H,8-9,13H2,1-2H3/t14-,16+,20-,21-/m1/s1. The van der Waals surface area contributed by atoms with Gasteiger partial charge in [0.15, 0.2) is 6.29 Å². The number of alkyl halides is 6. The molecule has 2 aromatic rings. The van der Waals surface area contributed by atoms with Crippen LogP contribution in [0.3, 0.4) is 0 Å². The van der Waals surface area contributed by atoms with Gasteiger partial charge < -0.3 is 9.47 Å². The van der Waals surface area contributed by atoms with E-state index in [2.05, 4.69) is 0 Å². The first-order valence-electron chi connectivity index (χ1n) is 10.6. The summed E-state index contributed by atoms with van der Waals surface area (Å²) in [5, 5.41) is 0. The van der Waals surface area contributed by atoms with Gasteiger partial charge in [0.1, 0.15) is 0 Å². The van der Waals surface area contributed by atoms with Crippen LogP contribution in [0.1, 0.15) is 47.6 Å². The van der Waals surface area contributed by atoms with Crippen LogP contribution in [-0.4, -0.2) is 34.2 Å². The highest BCUT2D eigenvalue weighted by molar-refractivity contribution is 7.85. The molecular formula is C23H24F6O5S. The molecule has 5 nitrogen and oxygen atoms in total. The van der Waals surface area contributed by atoms with Gasteiger partial charge in [-0.3, -0.25) is 4.18 Å². The second-order valence-corrected chi connectivity index (χ2v) is 9.97. The molecule has 194 valence electrons. The van der Waals surface area contributed by atoms with E-state index in [1.54, 1.807) is 30.3 Å². The second-order valence-electron chi connectivity index (χ2n) is 8.33. The molecule has 12 heteroatoms. The molecular weight excluding hydrogens is 502 g/mol. The maximum atomic E-state index is 13.3. The number of hydrogen-bond donors (Lipinski definition) is 0. The smallest absolute Gasteiger partial charge is 0.352 e. The van der Waals surface area contributed by atoms with Crippen molar-refractivity contribution in [2.24, 2.45) is 5.92 Å². The molecule has 0 radical (unpaired) electrons. The van der Waals surface area contributed by atoms with Gasteiger partial charge in [0, 0.05) is 5.92 Å². The molecule has 3 rings (SSSR count). The quantitative estimate of drug-likeness (QED) is 0.331. The summed E-state index contributed by atoms with van der Waals surface area (Å²) in [5.41, 5.74) is -2.51. The van der Waals surface area contributed by atoms with E-state index in [9.17, 15) is 34.8 Å². The number of benzene rings is 2. The fourth-order valence-corrected chi connectivity index (χ4v) is 4.38. The van der Waals surface area contributed by atoms with Gasteiger partial charge in [-0.15, -0.1) is 0 Å². The van der Waals surface area contributed by atoms with Gasteiger partial charge in [0.05, 0.1) is 36.7 Å². The molecule has 1 aliphatic heterocycles. The van der Waals surface area contributed by atoms with Crippen LogP contribution in [0.5, 0.6) is 0 Å². The highest BCUT2D eigenvalue weighted by Crippen LogP contribution is 2.41. The Bertz CT molecular complexity index is 1070. The fraction of sp³-hybridized carbons (Fsp3) is 0.478. The van der Waals surface area contributed by atoms with Crippen molar-refractivity contribution in [1.29, 1.82) is 0 Å². The van der Waals surface area contributed by atoms with Crippen LogP contribution < -0.4 is 0 Å². The zero-order chi connectivity index (χ0) is 26.0. The summed E-state index contributed by atoms with van der Waals surface area (Å²) >= 11 is 0. The van der Waals surface area contributed by atoms with Crippen molar-refractivity contribution in [2.75, 3.05) is 19.5 Å². The molecule has 1 saturated heterocycles. The molecule has 0 bridgehead atoms. The summed E-state index contributed by atoms with van der Waals surface area (Å²) in [6.45, 7) is 1.28.